The van der Waals surface area contributed by atoms with E-state index < -0.39 is 5.54 Å². The average Bonchev–Trinajstić information content (AvgIpc) is 2.61. The van der Waals surface area contributed by atoms with Crippen LogP contribution in [-0.2, 0) is 14.3 Å². The van der Waals surface area contributed by atoms with E-state index in [1.807, 2.05) is 0 Å². The molecule has 1 aliphatic carbocycles. The van der Waals surface area contributed by atoms with E-state index in [9.17, 15) is 4.79 Å². The zero-order valence-electron chi connectivity index (χ0n) is 13.8. The summed E-state index contributed by atoms with van der Waals surface area (Å²) in [6.45, 7) is 8.18. The van der Waals surface area contributed by atoms with Crippen LogP contribution in [0.2, 0.25) is 0 Å². The van der Waals surface area contributed by atoms with Gasteiger partial charge in [-0.3, -0.25) is 10.1 Å². The Kier molecular flexibility index (Phi) is 6.46. The standard InChI is InChI=1S/C16H31NO3/c1-15(2,3)13-7-6-9-16(10-8-13,14(18)20-5)17-11-12-19-4/h13,17H,6-12H2,1-5H3. The van der Waals surface area contributed by atoms with Crippen molar-refractivity contribution in [3.05, 3.63) is 0 Å². The fourth-order valence-electron chi connectivity index (χ4n) is 3.25. The summed E-state index contributed by atoms with van der Waals surface area (Å²) in [5, 5.41) is 3.40. The molecule has 0 spiro atoms. The third kappa shape index (κ3) is 4.45. The van der Waals surface area contributed by atoms with Crippen molar-refractivity contribution in [1.82, 2.24) is 5.32 Å². The Hall–Kier alpha value is -0.610. The highest BCUT2D eigenvalue weighted by Gasteiger charge is 2.42. The van der Waals surface area contributed by atoms with Crippen molar-refractivity contribution < 1.29 is 14.3 Å². The Labute approximate surface area is 123 Å². The zero-order chi connectivity index (χ0) is 15.2. The highest BCUT2D eigenvalue weighted by atomic mass is 16.5. The highest BCUT2D eigenvalue weighted by Crippen LogP contribution is 2.40. The van der Waals surface area contributed by atoms with E-state index in [4.69, 9.17) is 9.47 Å². The third-order valence-corrected chi connectivity index (χ3v) is 4.65. The van der Waals surface area contributed by atoms with Gasteiger partial charge in [-0.2, -0.15) is 0 Å². The van der Waals surface area contributed by atoms with E-state index in [0.717, 1.165) is 25.7 Å². The van der Waals surface area contributed by atoms with Gasteiger partial charge in [-0.05, 0) is 37.0 Å². The lowest BCUT2D eigenvalue weighted by Gasteiger charge is -2.33. The number of carbonyl (C=O) groups excluding carboxylic acids is 1. The second-order valence-corrected chi connectivity index (χ2v) is 6.99. The van der Waals surface area contributed by atoms with Crippen molar-refractivity contribution in [2.24, 2.45) is 11.3 Å². The summed E-state index contributed by atoms with van der Waals surface area (Å²) >= 11 is 0. The van der Waals surface area contributed by atoms with Gasteiger partial charge in [-0.25, -0.2) is 0 Å². The number of nitrogens with one attached hydrogen (secondary N) is 1. The second-order valence-electron chi connectivity index (χ2n) is 6.99. The van der Waals surface area contributed by atoms with Gasteiger partial charge >= 0.3 is 5.97 Å². The quantitative estimate of drug-likeness (QED) is 0.479. The van der Waals surface area contributed by atoms with Crippen molar-refractivity contribution in [2.75, 3.05) is 27.4 Å². The monoisotopic (exact) mass is 285 g/mol. The van der Waals surface area contributed by atoms with Gasteiger partial charge in [-0.1, -0.05) is 27.2 Å². The van der Waals surface area contributed by atoms with Crippen LogP contribution in [0, 0.1) is 11.3 Å². The molecular weight excluding hydrogens is 254 g/mol. The van der Waals surface area contributed by atoms with E-state index in [-0.39, 0.29) is 5.97 Å². The lowest BCUT2D eigenvalue weighted by atomic mass is 9.76. The summed E-state index contributed by atoms with van der Waals surface area (Å²) in [7, 11) is 3.16. The highest BCUT2D eigenvalue weighted by molar-refractivity contribution is 5.80. The lowest BCUT2D eigenvalue weighted by Crippen LogP contribution is -2.53. The smallest absolute Gasteiger partial charge is 0.326 e. The number of carbonyl (C=O) groups is 1. The largest absolute Gasteiger partial charge is 0.468 e. The Balaban J connectivity index is 2.77. The van der Waals surface area contributed by atoms with Crippen molar-refractivity contribution in [2.45, 2.75) is 58.4 Å². The molecule has 0 amide bonds. The van der Waals surface area contributed by atoms with Crippen LogP contribution in [0.4, 0.5) is 0 Å². The summed E-state index contributed by atoms with van der Waals surface area (Å²) < 4.78 is 10.1. The summed E-state index contributed by atoms with van der Waals surface area (Å²) in [6.07, 6.45) is 5.03. The minimum Gasteiger partial charge on any atom is -0.468 e. The third-order valence-electron chi connectivity index (χ3n) is 4.65. The molecule has 2 unspecified atom stereocenters. The first-order chi connectivity index (χ1) is 9.35. The van der Waals surface area contributed by atoms with E-state index in [1.165, 1.54) is 13.5 Å². The van der Waals surface area contributed by atoms with E-state index in [0.29, 0.717) is 24.5 Å². The van der Waals surface area contributed by atoms with Crippen LogP contribution in [0.25, 0.3) is 0 Å². The van der Waals surface area contributed by atoms with Crippen molar-refractivity contribution in [3.8, 4) is 0 Å². The molecular formula is C16H31NO3. The predicted molar refractivity (Wildman–Crippen MR) is 80.7 cm³/mol. The molecule has 0 heterocycles. The maximum Gasteiger partial charge on any atom is 0.326 e. The van der Waals surface area contributed by atoms with Gasteiger partial charge in [0.15, 0.2) is 0 Å². The molecule has 0 radical (unpaired) electrons. The normalized spacial score (nSPS) is 27.9. The molecule has 0 bridgehead atoms. The number of esters is 1. The Morgan fingerprint density at radius 3 is 2.50 bits per heavy atom. The number of ether oxygens (including phenoxy) is 2. The number of hydrogen-bond donors (Lipinski definition) is 1. The molecule has 1 aliphatic rings. The van der Waals surface area contributed by atoms with Gasteiger partial charge in [0.05, 0.1) is 13.7 Å². The SMILES string of the molecule is COCCNC1(C(=O)OC)CCCC(C(C)(C)C)CC1. The van der Waals surface area contributed by atoms with Crippen molar-refractivity contribution in [3.63, 3.8) is 0 Å². The first-order valence-corrected chi connectivity index (χ1v) is 7.68. The number of rotatable bonds is 5. The van der Waals surface area contributed by atoms with Gasteiger partial charge in [0.1, 0.15) is 5.54 Å². The Bertz CT molecular complexity index is 311. The topological polar surface area (TPSA) is 47.6 Å². The van der Waals surface area contributed by atoms with Crippen molar-refractivity contribution in [1.29, 1.82) is 0 Å². The maximum atomic E-state index is 12.3. The predicted octanol–water partition coefficient (Wildman–Crippen LogP) is 2.76. The summed E-state index contributed by atoms with van der Waals surface area (Å²) in [4.78, 5) is 12.3. The van der Waals surface area contributed by atoms with Crippen LogP contribution in [0.3, 0.4) is 0 Å². The van der Waals surface area contributed by atoms with E-state index in [1.54, 1.807) is 7.11 Å². The minimum absolute atomic E-state index is 0.122. The number of hydrogen-bond acceptors (Lipinski definition) is 4. The van der Waals surface area contributed by atoms with Crippen LogP contribution < -0.4 is 5.32 Å². The first-order valence-electron chi connectivity index (χ1n) is 7.68. The maximum absolute atomic E-state index is 12.3. The summed E-state index contributed by atoms with van der Waals surface area (Å²) in [6, 6.07) is 0. The molecule has 1 saturated carbocycles. The van der Waals surface area contributed by atoms with Crippen molar-refractivity contribution >= 4 is 5.97 Å². The molecule has 2 atom stereocenters. The fraction of sp³-hybridized carbons (Fsp3) is 0.938. The van der Waals surface area contributed by atoms with Crippen LogP contribution in [-0.4, -0.2) is 38.9 Å². The van der Waals surface area contributed by atoms with Gasteiger partial charge in [0.25, 0.3) is 0 Å². The Morgan fingerprint density at radius 1 is 1.25 bits per heavy atom. The van der Waals surface area contributed by atoms with Crippen LogP contribution >= 0.6 is 0 Å². The molecule has 0 saturated heterocycles. The number of methoxy groups -OCH3 is 2. The zero-order valence-corrected chi connectivity index (χ0v) is 13.8. The minimum atomic E-state index is -0.521. The molecule has 20 heavy (non-hydrogen) atoms. The molecule has 0 aromatic rings. The van der Waals surface area contributed by atoms with Gasteiger partial charge < -0.3 is 9.47 Å². The molecule has 0 aliphatic heterocycles. The van der Waals surface area contributed by atoms with Crippen LogP contribution in [0.5, 0.6) is 0 Å². The van der Waals surface area contributed by atoms with Gasteiger partial charge in [0.2, 0.25) is 0 Å². The molecule has 1 N–H and O–H groups in total. The molecule has 0 aromatic heterocycles. The van der Waals surface area contributed by atoms with E-state index >= 15 is 0 Å². The molecule has 4 heteroatoms. The lowest BCUT2D eigenvalue weighted by molar-refractivity contribution is -0.149. The molecule has 0 aromatic carbocycles. The molecule has 4 nitrogen and oxygen atoms in total. The fourth-order valence-corrected chi connectivity index (χ4v) is 3.25. The van der Waals surface area contributed by atoms with Gasteiger partial charge in [-0.15, -0.1) is 0 Å². The second kappa shape index (κ2) is 7.41. The van der Waals surface area contributed by atoms with Crippen LogP contribution in [0.15, 0.2) is 0 Å². The van der Waals surface area contributed by atoms with Gasteiger partial charge in [0, 0.05) is 13.7 Å². The first kappa shape index (κ1) is 17.4. The molecule has 1 rings (SSSR count). The van der Waals surface area contributed by atoms with Crippen LogP contribution in [0.1, 0.15) is 52.9 Å². The Morgan fingerprint density at radius 2 is 1.95 bits per heavy atom. The summed E-state index contributed by atoms with van der Waals surface area (Å²) in [5.41, 5.74) is -0.216. The average molecular weight is 285 g/mol. The molecule has 118 valence electrons. The molecule has 1 fully saturated rings. The van der Waals surface area contributed by atoms with E-state index in [2.05, 4.69) is 26.1 Å². The summed E-state index contributed by atoms with van der Waals surface area (Å²) in [5.74, 6) is 0.543.